The van der Waals surface area contributed by atoms with E-state index in [4.69, 9.17) is 24.2 Å². The van der Waals surface area contributed by atoms with E-state index in [2.05, 4.69) is 23.2 Å². The number of nitrogens with zero attached hydrogens (tertiary/aromatic N) is 3. The van der Waals surface area contributed by atoms with Crippen LogP contribution >= 0.6 is 11.8 Å². The van der Waals surface area contributed by atoms with Gasteiger partial charge in [0.05, 0.1) is 18.1 Å². The minimum absolute atomic E-state index is 0.0213. The highest BCUT2D eigenvalue weighted by Crippen LogP contribution is 3.23. The van der Waals surface area contributed by atoms with E-state index in [1.54, 1.807) is 17.8 Å². The molecule has 0 radical (unpaired) electrons. The quantitative estimate of drug-likeness (QED) is 0.228. The van der Waals surface area contributed by atoms with Gasteiger partial charge in [-0.2, -0.15) is 0 Å². The molecule has 8 fully saturated rings. The zero-order chi connectivity index (χ0) is 28.3. The number of ether oxygens (including phenoxy) is 3. The van der Waals surface area contributed by atoms with Crippen molar-refractivity contribution in [1.82, 2.24) is 15.5 Å². The van der Waals surface area contributed by atoms with Gasteiger partial charge in [-0.25, -0.2) is 18.7 Å². The van der Waals surface area contributed by atoms with Crippen molar-refractivity contribution in [3.05, 3.63) is 35.4 Å². The lowest BCUT2D eigenvalue weighted by atomic mass is 9.38. The van der Waals surface area contributed by atoms with Gasteiger partial charge in [0.2, 0.25) is 0 Å². The Hall–Kier alpha value is -2.74. The van der Waals surface area contributed by atoms with Crippen LogP contribution in [0.25, 0.3) is 0 Å². The topological polar surface area (TPSA) is 110 Å². The molecule has 1 saturated heterocycles. The molecule has 0 amide bonds. The second-order valence-electron chi connectivity index (χ2n) is 12.6. The number of rotatable bonds is 9. The lowest BCUT2D eigenvalue weighted by molar-refractivity contribution is -0.309. The van der Waals surface area contributed by atoms with Crippen LogP contribution < -0.4 is 21.3 Å². The van der Waals surface area contributed by atoms with Crippen molar-refractivity contribution >= 4 is 35.1 Å². The van der Waals surface area contributed by atoms with Crippen molar-refractivity contribution in [2.75, 3.05) is 28.1 Å². The summed E-state index contributed by atoms with van der Waals surface area (Å²) in [5, 5.41) is 6.14. The number of thioether (sulfide) groups is 1. The van der Waals surface area contributed by atoms with Crippen molar-refractivity contribution in [3.8, 4) is 0 Å². The van der Waals surface area contributed by atoms with E-state index in [0.29, 0.717) is 29.1 Å². The van der Waals surface area contributed by atoms with Crippen LogP contribution in [0.3, 0.4) is 0 Å². The summed E-state index contributed by atoms with van der Waals surface area (Å²) in [6.07, 6.45) is 1.75. The molecule has 3 spiro atoms. The maximum Gasteiger partial charge on any atom is 0.316 e. The number of aromatic nitrogens is 2. The monoisotopic (exact) mass is 584 g/mol. The molecular weight excluding hydrogens is 554 g/mol. The zero-order valence-electron chi connectivity index (χ0n) is 23.0. The molecule has 3 heterocycles. The highest BCUT2D eigenvalue weighted by molar-refractivity contribution is 7.99. The van der Waals surface area contributed by atoms with Crippen LogP contribution in [0.4, 0.5) is 26.1 Å². The van der Waals surface area contributed by atoms with Gasteiger partial charge in [0.1, 0.15) is 22.3 Å². The first-order chi connectivity index (χ1) is 19.7. The van der Waals surface area contributed by atoms with Crippen LogP contribution in [0.5, 0.6) is 0 Å². The molecular formula is C28H30F2N6O4S. The summed E-state index contributed by atoms with van der Waals surface area (Å²) in [6, 6.07) is 3.94. The number of nitrogens with one attached hydrogen (secondary N) is 3. The summed E-state index contributed by atoms with van der Waals surface area (Å²) in [6.45, 7) is 8.05. The molecule has 11 rings (SSSR count). The first kappa shape index (κ1) is 24.8. The van der Waals surface area contributed by atoms with Gasteiger partial charge in [-0.3, -0.25) is 15.2 Å². The maximum absolute atomic E-state index is 13.9. The number of esters is 1. The molecule has 41 heavy (non-hydrogen) atoms. The van der Waals surface area contributed by atoms with E-state index in [-0.39, 0.29) is 35.3 Å². The summed E-state index contributed by atoms with van der Waals surface area (Å²) in [4.78, 5) is 23.0. The van der Waals surface area contributed by atoms with Crippen molar-refractivity contribution in [1.29, 1.82) is 0 Å². The molecule has 8 atom stereocenters. The minimum Gasteiger partial charge on any atom is -0.465 e. The van der Waals surface area contributed by atoms with E-state index < -0.39 is 34.0 Å². The Labute approximate surface area is 239 Å². The van der Waals surface area contributed by atoms with Crippen LogP contribution in [-0.4, -0.2) is 57.4 Å². The number of anilines is 3. The average Bonchev–Trinajstić information content (AvgIpc) is 3.81. The van der Waals surface area contributed by atoms with Crippen LogP contribution in [-0.2, 0) is 19.0 Å². The number of fused-ring (bicyclic) bond motifs is 1. The van der Waals surface area contributed by atoms with Gasteiger partial charge in [0.25, 0.3) is 0 Å². The maximum atomic E-state index is 13.9. The molecule has 4 bridgehead atoms. The van der Waals surface area contributed by atoms with Gasteiger partial charge in [0.15, 0.2) is 34.2 Å². The standard InChI is InChI=1S/C28H30F2N6O4S/c1-5-9-41-23-32-18(31-16-11-13(16)12-7-8-14(29)15(30)10-12)17-19(33-23)36(35-34-17)21-25-20-26(25,22(37)38-6-2)28(25)27(20,21)39-24(3,4)40-28/h7-8,10,13,16,20-21,34-35H,5-6,9,11H2,1-4H3,(H,31,32,33)/t13-,16+,20-,21?,25?,26-,27+,28-/m0/s1. The fourth-order valence-corrected chi connectivity index (χ4v) is 9.92. The van der Waals surface area contributed by atoms with Crippen molar-refractivity contribution < 1.29 is 27.8 Å². The molecule has 1 aromatic heterocycles. The van der Waals surface area contributed by atoms with E-state index >= 15 is 0 Å². The Morgan fingerprint density at radius 3 is 2.83 bits per heavy atom. The van der Waals surface area contributed by atoms with Crippen molar-refractivity contribution in [2.45, 2.75) is 80.7 Å². The molecule has 2 aliphatic heterocycles. The van der Waals surface area contributed by atoms with Gasteiger partial charge in [0, 0.05) is 23.6 Å². The molecule has 10 nitrogen and oxygen atoms in total. The molecule has 7 aliphatic carbocycles. The predicted molar refractivity (Wildman–Crippen MR) is 144 cm³/mol. The van der Waals surface area contributed by atoms with E-state index in [1.165, 1.54) is 12.1 Å². The molecule has 9 aliphatic rings. The molecule has 7 saturated carbocycles. The lowest BCUT2D eigenvalue weighted by Crippen LogP contribution is -2.92. The van der Waals surface area contributed by atoms with E-state index in [0.717, 1.165) is 24.2 Å². The second-order valence-corrected chi connectivity index (χ2v) is 13.6. The SMILES string of the molecule is CCCSc1nc(N[C@@H]2C[C@H]2c2ccc(F)c(F)c2)c2c(n1)N(C1C34[C@@H]5[C@@]16OC(C)(C)O[C@]36[C@]54C(=O)OCC)NN2. The fraction of sp³-hybridized carbons (Fsp3) is 0.607. The smallest absolute Gasteiger partial charge is 0.316 e. The van der Waals surface area contributed by atoms with E-state index in [1.807, 2.05) is 25.8 Å². The highest BCUT2D eigenvalue weighted by Gasteiger charge is 3.40. The summed E-state index contributed by atoms with van der Waals surface area (Å²) in [5.41, 5.74) is 5.75. The Morgan fingerprint density at radius 2 is 2.07 bits per heavy atom. The summed E-state index contributed by atoms with van der Waals surface area (Å²) in [7, 11) is 0. The lowest BCUT2D eigenvalue weighted by Gasteiger charge is -2.72. The number of halogens is 2. The number of hydrogen-bond donors (Lipinski definition) is 3. The first-order valence-corrected chi connectivity index (χ1v) is 15.3. The predicted octanol–water partition coefficient (Wildman–Crippen LogP) is 3.71. The molecule has 2 aromatic rings. The van der Waals surface area contributed by atoms with Crippen LogP contribution in [0, 0.1) is 28.4 Å². The molecule has 13 heteroatoms. The summed E-state index contributed by atoms with van der Waals surface area (Å²) >= 11 is 1.58. The third-order valence-electron chi connectivity index (χ3n) is 10.3. The summed E-state index contributed by atoms with van der Waals surface area (Å²) in [5.74, 6) is -0.378. The second kappa shape index (κ2) is 7.24. The van der Waals surface area contributed by atoms with Gasteiger partial charge >= 0.3 is 5.97 Å². The molecule has 3 N–H and O–H groups in total. The van der Waals surface area contributed by atoms with Gasteiger partial charge in [-0.05, 0) is 51.3 Å². The Bertz CT molecular complexity index is 1580. The van der Waals surface area contributed by atoms with Crippen molar-refractivity contribution in [3.63, 3.8) is 0 Å². The molecule has 216 valence electrons. The van der Waals surface area contributed by atoms with E-state index in [9.17, 15) is 13.6 Å². The third-order valence-corrected chi connectivity index (χ3v) is 11.4. The Morgan fingerprint density at radius 1 is 1.24 bits per heavy atom. The minimum atomic E-state index is -0.847. The first-order valence-electron chi connectivity index (χ1n) is 14.3. The largest absolute Gasteiger partial charge is 0.465 e. The van der Waals surface area contributed by atoms with Gasteiger partial charge in [-0.15, -0.1) is 5.53 Å². The van der Waals surface area contributed by atoms with Crippen LogP contribution in [0.15, 0.2) is 23.4 Å². The number of carbonyl (C=O) groups is 1. The third kappa shape index (κ3) is 2.35. The Balaban J connectivity index is 1.04. The Kier molecular flexibility index (Phi) is 4.38. The number of benzene rings is 1. The zero-order valence-corrected chi connectivity index (χ0v) is 23.8. The van der Waals surface area contributed by atoms with Crippen LogP contribution in [0.1, 0.15) is 52.0 Å². The number of hydrazine groups is 2. The fourth-order valence-electron chi connectivity index (χ4n) is 9.23. The van der Waals surface area contributed by atoms with Gasteiger partial charge in [-0.1, -0.05) is 24.8 Å². The molecule has 1 aromatic carbocycles. The number of carbonyl (C=O) groups excluding carboxylic acids is 1. The van der Waals surface area contributed by atoms with Crippen molar-refractivity contribution in [2.24, 2.45) is 16.7 Å². The average molecular weight is 585 g/mol. The van der Waals surface area contributed by atoms with Gasteiger partial charge < -0.3 is 19.5 Å². The normalized spacial score (nSPS) is 41.8. The molecule has 2 unspecified atom stereocenters. The van der Waals surface area contributed by atoms with Crippen LogP contribution in [0.2, 0.25) is 0 Å². The highest BCUT2D eigenvalue weighted by atomic mass is 32.2. The number of hydrogen-bond acceptors (Lipinski definition) is 11. The summed E-state index contributed by atoms with van der Waals surface area (Å²) < 4.78 is 45.9.